The van der Waals surface area contributed by atoms with E-state index < -0.39 is 5.97 Å². The van der Waals surface area contributed by atoms with Crippen molar-refractivity contribution < 1.29 is 14.3 Å². The number of hydrogen-bond donors (Lipinski definition) is 1. The van der Waals surface area contributed by atoms with Crippen LogP contribution < -0.4 is 5.32 Å². The normalized spacial score (nSPS) is 10.0. The van der Waals surface area contributed by atoms with Crippen molar-refractivity contribution in [2.24, 2.45) is 0 Å². The summed E-state index contributed by atoms with van der Waals surface area (Å²) in [6, 6.07) is 14.1. The fraction of sp³-hybridized carbons (Fsp3) is 0.176. The number of amides is 1. The summed E-state index contributed by atoms with van der Waals surface area (Å²) in [6.45, 7) is 2.03. The Morgan fingerprint density at radius 3 is 2.48 bits per heavy atom. The number of methoxy groups -OCH3 is 1. The van der Waals surface area contributed by atoms with Crippen molar-refractivity contribution in [2.75, 3.05) is 12.4 Å². The maximum atomic E-state index is 12.3. The Labute approximate surface area is 123 Å². The number of hydrogen-bond acceptors (Lipinski definition) is 3. The van der Waals surface area contributed by atoms with E-state index in [2.05, 4.69) is 10.1 Å². The molecule has 0 spiro atoms. The molecule has 0 aliphatic rings. The van der Waals surface area contributed by atoms with Gasteiger partial charge in [0.05, 0.1) is 12.7 Å². The van der Waals surface area contributed by atoms with Crippen molar-refractivity contribution in [1.29, 1.82) is 0 Å². The quantitative estimate of drug-likeness (QED) is 0.876. The second-order valence-electron chi connectivity index (χ2n) is 4.54. The van der Waals surface area contributed by atoms with E-state index in [0.29, 0.717) is 11.1 Å². The molecule has 108 valence electrons. The number of benzene rings is 2. The minimum atomic E-state index is -0.460. The molecule has 0 unspecified atom stereocenters. The molecule has 0 aliphatic heterocycles. The minimum absolute atomic E-state index is 0.248. The van der Waals surface area contributed by atoms with Gasteiger partial charge in [0.25, 0.3) is 5.91 Å². The van der Waals surface area contributed by atoms with Crippen molar-refractivity contribution in [2.45, 2.75) is 13.3 Å². The molecule has 1 amide bonds. The third-order valence-corrected chi connectivity index (χ3v) is 3.19. The predicted molar refractivity (Wildman–Crippen MR) is 81.6 cm³/mol. The average molecular weight is 283 g/mol. The Kier molecular flexibility index (Phi) is 4.72. The van der Waals surface area contributed by atoms with Crippen molar-refractivity contribution in [1.82, 2.24) is 0 Å². The molecule has 0 saturated heterocycles. The largest absolute Gasteiger partial charge is 0.465 e. The lowest BCUT2D eigenvalue weighted by Gasteiger charge is -2.10. The standard InChI is InChI=1S/C17H17NO3/c1-3-12-7-4-5-10-15(12)18-16(19)13-8-6-9-14(11-13)17(20)21-2/h4-11H,3H2,1-2H3,(H,18,19). The Balaban J connectivity index is 2.22. The predicted octanol–water partition coefficient (Wildman–Crippen LogP) is 3.29. The van der Waals surface area contributed by atoms with Gasteiger partial charge >= 0.3 is 5.97 Å². The zero-order valence-corrected chi connectivity index (χ0v) is 12.1. The van der Waals surface area contributed by atoms with Gasteiger partial charge in [0.15, 0.2) is 0 Å². The van der Waals surface area contributed by atoms with Gasteiger partial charge in [-0.25, -0.2) is 4.79 Å². The van der Waals surface area contributed by atoms with Crippen LogP contribution >= 0.6 is 0 Å². The summed E-state index contributed by atoms with van der Waals surface area (Å²) < 4.78 is 4.66. The van der Waals surface area contributed by atoms with Crippen molar-refractivity contribution in [3.8, 4) is 0 Å². The number of carbonyl (C=O) groups excluding carboxylic acids is 2. The smallest absolute Gasteiger partial charge is 0.337 e. The second-order valence-corrected chi connectivity index (χ2v) is 4.54. The highest BCUT2D eigenvalue weighted by atomic mass is 16.5. The van der Waals surface area contributed by atoms with Crippen LogP contribution in [-0.2, 0) is 11.2 Å². The number of anilines is 1. The number of aryl methyl sites for hydroxylation is 1. The molecule has 2 aromatic carbocycles. The van der Waals surface area contributed by atoms with Crippen LogP contribution in [0.1, 0.15) is 33.2 Å². The van der Waals surface area contributed by atoms with E-state index in [4.69, 9.17) is 0 Å². The molecular weight excluding hydrogens is 266 g/mol. The van der Waals surface area contributed by atoms with Crippen molar-refractivity contribution >= 4 is 17.6 Å². The van der Waals surface area contributed by atoms with Gasteiger partial charge in [0.2, 0.25) is 0 Å². The Hall–Kier alpha value is -2.62. The molecule has 0 atom stereocenters. The van der Waals surface area contributed by atoms with Gasteiger partial charge in [-0.3, -0.25) is 4.79 Å². The third kappa shape index (κ3) is 3.48. The highest BCUT2D eigenvalue weighted by molar-refractivity contribution is 6.06. The van der Waals surface area contributed by atoms with Gasteiger partial charge in [0.1, 0.15) is 0 Å². The summed E-state index contributed by atoms with van der Waals surface area (Å²) >= 11 is 0. The molecule has 4 nitrogen and oxygen atoms in total. The van der Waals surface area contributed by atoms with Crippen LogP contribution in [-0.4, -0.2) is 19.0 Å². The molecule has 0 fully saturated rings. The van der Waals surface area contributed by atoms with E-state index in [1.165, 1.54) is 13.2 Å². The van der Waals surface area contributed by atoms with E-state index in [9.17, 15) is 9.59 Å². The van der Waals surface area contributed by atoms with Gasteiger partial charge in [-0.05, 0) is 36.2 Å². The highest BCUT2D eigenvalue weighted by Crippen LogP contribution is 2.17. The maximum absolute atomic E-state index is 12.3. The van der Waals surface area contributed by atoms with Crippen LogP contribution in [0.3, 0.4) is 0 Å². The van der Waals surface area contributed by atoms with E-state index in [1.54, 1.807) is 18.2 Å². The van der Waals surface area contributed by atoms with Gasteiger partial charge in [-0.2, -0.15) is 0 Å². The fourth-order valence-corrected chi connectivity index (χ4v) is 2.05. The number of esters is 1. The van der Waals surface area contributed by atoms with Gasteiger partial charge in [-0.1, -0.05) is 31.2 Å². The topological polar surface area (TPSA) is 55.4 Å². The molecule has 0 bridgehead atoms. The van der Waals surface area contributed by atoms with Crippen LogP contribution in [0.2, 0.25) is 0 Å². The molecule has 0 saturated carbocycles. The Bertz CT molecular complexity index is 665. The third-order valence-electron chi connectivity index (χ3n) is 3.19. The first-order valence-electron chi connectivity index (χ1n) is 6.73. The van der Waals surface area contributed by atoms with Crippen LogP contribution in [0.5, 0.6) is 0 Å². The summed E-state index contributed by atoms with van der Waals surface area (Å²) in [5, 5.41) is 2.87. The van der Waals surface area contributed by atoms with E-state index in [0.717, 1.165) is 17.7 Å². The molecule has 21 heavy (non-hydrogen) atoms. The SMILES string of the molecule is CCc1ccccc1NC(=O)c1cccc(C(=O)OC)c1. The summed E-state index contributed by atoms with van der Waals surface area (Å²) in [5.74, 6) is -0.708. The fourth-order valence-electron chi connectivity index (χ4n) is 2.05. The van der Waals surface area contributed by atoms with Gasteiger partial charge in [-0.15, -0.1) is 0 Å². The highest BCUT2D eigenvalue weighted by Gasteiger charge is 2.11. The molecule has 4 heteroatoms. The van der Waals surface area contributed by atoms with Crippen LogP contribution in [0.4, 0.5) is 5.69 Å². The lowest BCUT2D eigenvalue weighted by atomic mass is 10.1. The van der Waals surface area contributed by atoms with Crippen LogP contribution in [0.25, 0.3) is 0 Å². The number of ether oxygens (including phenoxy) is 1. The van der Waals surface area contributed by atoms with E-state index in [-0.39, 0.29) is 5.91 Å². The first-order chi connectivity index (χ1) is 10.2. The number of para-hydroxylation sites is 1. The molecule has 0 aromatic heterocycles. The van der Waals surface area contributed by atoms with Crippen LogP contribution in [0.15, 0.2) is 48.5 Å². The molecule has 1 N–H and O–H groups in total. The van der Waals surface area contributed by atoms with Gasteiger partial charge in [0, 0.05) is 11.3 Å². The Morgan fingerprint density at radius 2 is 1.76 bits per heavy atom. The molecular formula is C17H17NO3. The summed E-state index contributed by atoms with van der Waals surface area (Å²) in [4.78, 5) is 23.8. The average Bonchev–Trinajstić information content (AvgIpc) is 2.54. The number of carbonyl (C=O) groups is 2. The molecule has 0 heterocycles. The molecule has 2 rings (SSSR count). The maximum Gasteiger partial charge on any atom is 0.337 e. The lowest BCUT2D eigenvalue weighted by molar-refractivity contribution is 0.0600. The molecule has 0 radical (unpaired) electrons. The lowest BCUT2D eigenvalue weighted by Crippen LogP contribution is -2.14. The molecule has 0 aliphatic carbocycles. The van der Waals surface area contributed by atoms with E-state index >= 15 is 0 Å². The van der Waals surface area contributed by atoms with Crippen molar-refractivity contribution in [3.05, 3.63) is 65.2 Å². The zero-order chi connectivity index (χ0) is 15.2. The first kappa shape index (κ1) is 14.8. The number of nitrogens with one attached hydrogen (secondary N) is 1. The van der Waals surface area contributed by atoms with Crippen molar-refractivity contribution in [3.63, 3.8) is 0 Å². The number of rotatable bonds is 4. The van der Waals surface area contributed by atoms with Crippen LogP contribution in [0, 0.1) is 0 Å². The Morgan fingerprint density at radius 1 is 1.05 bits per heavy atom. The molecule has 2 aromatic rings. The minimum Gasteiger partial charge on any atom is -0.465 e. The first-order valence-corrected chi connectivity index (χ1v) is 6.73. The van der Waals surface area contributed by atoms with Gasteiger partial charge < -0.3 is 10.1 Å². The van der Waals surface area contributed by atoms with E-state index in [1.807, 2.05) is 31.2 Å². The summed E-state index contributed by atoms with van der Waals surface area (Å²) in [7, 11) is 1.31. The second kappa shape index (κ2) is 6.70. The zero-order valence-electron chi connectivity index (χ0n) is 12.1. The summed E-state index contributed by atoms with van der Waals surface area (Å²) in [5.41, 5.74) is 2.63. The summed E-state index contributed by atoms with van der Waals surface area (Å²) in [6.07, 6.45) is 0.832. The monoisotopic (exact) mass is 283 g/mol.